The van der Waals surface area contributed by atoms with Gasteiger partial charge in [-0.1, -0.05) is 3.98 Å². The molecule has 1 aliphatic rings. The third-order valence-corrected chi connectivity index (χ3v) is 2.10. The number of aliphatic imine (C=N–C) groups is 1. The van der Waals surface area contributed by atoms with Crippen LogP contribution in [-0.4, -0.2) is 31.5 Å². The summed E-state index contributed by atoms with van der Waals surface area (Å²) in [4.78, 5) is 5.77. The molecule has 0 aliphatic carbocycles. The third kappa shape index (κ3) is 1.54. The zero-order valence-electron chi connectivity index (χ0n) is 5.32. The molecule has 58 valence electrons. The Hall–Kier alpha value is -1.40. The molecule has 0 fully saturated rings. The number of nitrogens with zero attached hydrogens (tertiary/aromatic N) is 5. The van der Waals surface area contributed by atoms with Crippen LogP contribution in [0.4, 0.5) is 0 Å². The van der Waals surface area contributed by atoms with Crippen molar-refractivity contribution in [3.05, 3.63) is 10.4 Å². The van der Waals surface area contributed by atoms with Gasteiger partial charge in [-0.2, -0.15) is 8.42 Å². The number of rotatable bonds is 2. The molecule has 0 N–H and O–H groups in total. The van der Waals surface area contributed by atoms with Crippen LogP contribution < -0.4 is 0 Å². The maximum atomic E-state index is 10.8. The van der Waals surface area contributed by atoms with Gasteiger partial charge in [0.15, 0.2) is 0 Å². The first kappa shape index (κ1) is 7.70. The largest absolute Gasteiger partial charge is 0.463 e. The molecule has 11 heavy (non-hydrogen) atoms. The van der Waals surface area contributed by atoms with E-state index in [9.17, 15) is 8.42 Å². The summed E-state index contributed by atoms with van der Waals surface area (Å²) in [6, 6.07) is 0. The lowest BCUT2D eigenvalue weighted by Crippen LogP contribution is -2.16. The van der Waals surface area contributed by atoms with E-state index < -0.39 is 10.2 Å². The van der Waals surface area contributed by atoms with Gasteiger partial charge in [0, 0.05) is 4.91 Å². The summed E-state index contributed by atoms with van der Waals surface area (Å²) < 4.78 is 25.1. The van der Waals surface area contributed by atoms with Crippen molar-refractivity contribution in [2.75, 3.05) is 6.67 Å². The molecule has 1 heterocycles. The Bertz CT molecular complexity index is 359. The van der Waals surface area contributed by atoms with Gasteiger partial charge in [-0.3, -0.25) is 0 Å². The van der Waals surface area contributed by atoms with Gasteiger partial charge >= 0.3 is 10.2 Å². The summed E-state index contributed by atoms with van der Waals surface area (Å²) in [5.74, 6) is 0. The van der Waals surface area contributed by atoms with Crippen LogP contribution in [0.5, 0.6) is 0 Å². The highest BCUT2D eigenvalue weighted by Crippen LogP contribution is 1.96. The van der Waals surface area contributed by atoms with Gasteiger partial charge in [-0.25, -0.2) is 4.99 Å². The topological polar surface area (TPSA) is 98.3 Å². The van der Waals surface area contributed by atoms with Crippen molar-refractivity contribution in [3.63, 3.8) is 0 Å². The molecule has 0 radical (unpaired) electrons. The number of hydrogen-bond donors (Lipinski definition) is 0. The van der Waals surface area contributed by atoms with Gasteiger partial charge in [0.2, 0.25) is 6.21 Å². The van der Waals surface area contributed by atoms with Crippen molar-refractivity contribution in [2.24, 2.45) is 9.51 Å². The Morgan fingerprint density at radius 3 is 2.91 bits per heavy atom. The van der Waals surface area contributed by atoms with Gasteiger partial charge in [0.1, 0.15) is 0 Å². The van der Waals surface area contributed by atoms with Crippen molar-refractivity contribution in [1.29, 1.82) is 0 Å². The fourth-order valence-corrected chi connectivity index (χ4v) is 1.15. The lowest BCUT2D eigenvalue weighted by Gasteiger charge is -1.87. The molecule has 8 heteroatoms. The molecule has 0 aromatic carbocycles. The number of hydrogen-bond acceptors (Lipinski definition) is 3. The minimum absolute atomic E-state index is 0.0125. The van der Waals surface area contributed by atoms with E-state index in [-0.39, 0.29) is 6.67 Å². The van der Waals surface area contributed by atoms with E-state index in [1.807, 2.05) is 0 Å². The first-order valence-electron chi connectivity index (χ1n) is 2.58. The van der Waals surface area contributed by atoms with Crippen molar-refractivity contribution in [2.45, 2.75) is 0 Å². The minimum atomic E-state index is -3.85. The predicted molar refractivity (Wildman–Crippen MR) is 37.7 cm³/mol. The van der Waals surface area contributed by atoms with Crippen LogP contribution in [0.1, 0.15) is 0 Å². The van der Waals surface area contributed by atoms with Crippen LogP contribution in [0.3, 0.4) is 0 Å². The molecular formula is C3H4N5O2S+. The highest BCUT2D eigenvalue weighted by molar-refractivity contribution is 7.84. The van der Waals surface area contributed by atoms with Gasteiger partial charge in [0.05, 0.1) is 10.7 Å². The summed E-state index contributed by atoms with van der Waals surface area (Å²) in [5, 5.41) is 0. The van der Waals surface area contributed by atoms with Crippen LogP contribution in [0, 0.1) is 0 Å². The minimum Gasteiger partial charge on any atom is -0.221 e. The second-order valence-electron chi connectivity index (χ2n) is 1.66. The second-order valence-corrected chi connectivity index (χ2v) is 3.19. The third-order valence-electron chi connectivity index (χ3n) is 0.995. The molecule has 0 unspecified atom stereocenters. The zero-order chi connectivity index (χ0) is 8.32. The second kappa shape index (κ2) is 2.69. The van der Waals surface area contributed by atoms with E-state index in [4.69, 9.17) is 5.53 Å². The average Bonchev–Trinajstić information content (AvgIpc) is 2.37. The standard InChI is InChI=1S/C3H4N5O2S/c4-6-7-11(9,10)8-2-1-5-3-8/h1-2H,3H2/q+1. The summed E-state index contributed by atoms with van der Waals surface area (Å²) in [6.07, 6.45) is 2.55. The Balaban J connectivity index is 3.01. The van der Waals surface area contributed by atoms with E-state index in [0.29, 0.717) is 0 Å². The summed E-state index contributed by atoms with van der Waals surface area (Å²) in [6.45, 7) is -0.0125. The predicted octanol–water partition coefficient (Wildman–Crippen LogP) is -0.333. The Morgan fingerprint density at radius 1 is 1.73 bits per heavy atom. The van der Waals surface area contributed by atoms with E-state index >= 15 is 0 Å². The van der Waals surface area contributed by atoms with E-state index in [2.05, 4.69) is 14.4 Å². The maximum Gasteiger partial charge on any atom is 0.463 e. The fourth-order valence-electron chi connectivity index (χ4n) is 0.539. The Morgan fingerprint density at radius 2 is 2.45 bits per heavy atom. The smallest absolute Gasteiger partial charge is 0.221 e. The Labute approximate surface area is 62.5 Å². The molecule has 0 bridgehead atoms. The van der Waals surface area contributed by atoms with E-state index in [1.54, 1.807) is 0 Å². The average molecular weight is 174 g/mol. The fraction of sp³-hybridized carbons (Fsp3) is 0.333. The summed E-state index contributed by atoms with van der Waals surface area (Å²) in [5.41, 5.74) is 7.86. The molecule has 1 rings (SSSR count). The lowest BCUT2D eigenvalue weighted by molar-refractivity contribution is -0.352. The molecule has 0 amide bonds. The normalized spacial score (nSPS) is 15.8. The van der Waals surface area contributed by atoms with E-state index in [1.165, 1.54) is 12.4 Å². The van der Waals surface area contributed by atoms with Crippen molar-refractivity contribution in [1.82, 2.24) is 0 Å². The molecule has 0 aromatic rings. The molecule has 1 aliphatic heterocycles. The lowest BCUT2D eigenvalue weighted by atomic mass is 10.9. The van der Waals surface area contributed by atoms with Gasteiger partial charge in [0.25, 0.3) is 6.67 Å². The molecule has 0 aromatic heterocycles. The first-order chi connectivity index (χ1) is 5.17. The first-order valence-corrected chi connectivity index (χ1v) is 3.98. The summed E-state index contributed by atoms with van der Waals surface area (Å²) in [7, 11) is -3.85. The summed E-state index contributed by atoms with van der Waals surface area (Å²) >= 11 is 0. The van der Waals surface area contributed by atoms with Gasteiger partial charge in [-0.15, -0.1) is 0 Å². The van der Waals surface area contributed by atoms with Crippen LogP contribution in [0.25, 0.3) is 10.4 Å². The monoisotopic (exact) mass is 174 g/mol. The van der Waals surface area contributed by atoms with Crippen molar-refractivity contribution in [3.8, 4) is 0 Å². The molecule has 7 nitrogen and oxygen atoms in total. The molecule has 0 saturated carbocycles. The van der Waals surface area contributed by atoms with Crippen LogP contribution in [0.15, 0.2) is 9.51 Å². The van der Waals surface area contributed by atoms with Gasteiger partial charge < -0.3 is 0 Å². The molecule has 0 atom stereocenters. The van der Waals surface area contributed by atoms with Crippen LogP contribution >= 0.6 is 0 Å². The maximum absolute atomic E-state index is 10.8. The highest BCUT2D eigenvalue weighted by Gasteiger charge is 2.23. The number of azide groups is 1. The highest BCUT2D eigenvalue weighted by atomic mass is 32.2. The SMILES string of the molecule is [N-]=[N+]=NS(=O)(=O)[N+]1=CC=NC1. The van der Waals surface area contributed by atoms with Crippen LogP contribution in [-0.2, 0) is 10.2 Å². The molecule has 0 spiro atoms. The van der Waals surface area contributed by atoms with Crippen molar-refractivity contribution < 1.29 is 12.4 Å². The Kier molecular flexibility index (Phi) is 1.88. The van der Waals surface area contributed by atoms with Gasteiger partial charge in [-0.05, 0) is 5.53 Å². The molecule has 0 saturated heterocycles. The zero-order valence-corrected chi connectivity index (χ0v) is 6.14. The van der Waals surface area contributed by atoms with E-state index in [0.717, 1.165) is 3.98 Å². The quantitative estimate of drug-likeness (QED) is 0.248. The molecular weight excluding hydrogens is 170 g/mol. The van der Waals surface area contributed by atoms with Crippen molar-refractivity contribution >= 4 is 22.6 Å². The van der Waals surface area contributed by atoms with Crippen LogP contribution in [0.2, 0.25) is 0 Å².